The zero-order chi connectivity index (χ0) is 7.14. The Bertz CT molecular complexity index is 197. The highest BCUT2D eigenvalue weighted by molar-refractivity contribution is 7.86. The summed E-state index contributed by atoms with van der Waals surface area (Å²) >= 11 is 0. The van der Waals surface area contributed by atoms with Gasteiger partial charge in [-0.25, -0.2) is 0 Å². The van der Waals surface area contributed by atoms with Gasteiger partial charge in [0.15, 0.2) is 0 Å². The Labute approximate surface area is 64.0 Å². The molecule has 0 saturated carbocycles. The van der Waals surface area contributed by atoms with Crippen LogP contribution in [0.4, 0.5) is 0 Å². The third-order valence-electron chi connectivity index (χ3n) is 2.55. The van der Waals surface area contributed by atoms with Gasteiger partial charge < -0.3 is 0 Å². The topological polar surface area (TPSA) is 17.1 Å². The van der Waals surface area contributed by atoms with Crippen molar-refractivity contribution in [2.75, 3.05) is 0 Å². The van der Waals surface area contributed by atoms with E-state index in [1.54, 1.807) is 0 Å². The molecule has 1 unspecified atom stereocenters. The van der Waals surface area contributed by atoms with Crippen LogP contribution in [0.1, 0.15) is 19.8 Å². The predicted molar refractivity (Wildman–Crippen MR) is 43.3 cm³/mol. The molecule has 4 atom stereocenters. The summed E-state index contributed by atoms with van der Waals surface area (Å²) in [7, 11) is -0.535. The van der Waals surface area contributed by atoms with E-state index in [2.05, 4.69) is 19.1 Å². The SMILES string of the molecule is CC[C@@H]1[C@@H]2C=C[C@@H](C2)S1=O. The molecule has 2 bridgehead atoms. The van der Waals surface area contributed by atoms with Crippen molar-refractivity contribution in [1.82, 2.24) is 0 Å². The minimum atomic E-state index is -0.535. The maximum absolute atomic E-state index is 11.5. The number of hydrogen-bond acceptors (Lipinski definition) is 1. The Balaban J connectivity index is 2.26. The maximum atomic E-state index is 11.5. The molecule has 1 fully saturated rings. The third kappa shape index (κ3) is 0.715. The summed E-state index contributed by atoms with van der Waals surface area (Å²) in [5.41, 5.74) is 0. The zero-order valence-corrected chi connectivity index (χ0v) is 6.93. The molecule has 1 aliphatic heterocycles. The standard InChI is InChI=1S/C8H12OS/c1-2-8-6-3-4-7(5-6)10(8)9/h3-4,6-8H,2,5H2,1H3/t6-,7+,8-,10?/m1/s1. The summed E-state index contributed by atoms with van der Waals surface area (Å²) in [6, 6.07) is 0. The lowest BCUT2D eigenvalue weighted by Crippen LogP contribution is -2.19. The van der Waals surface area contributed by atoms with Crippen LogP contribution in [0, 0.1) is 5.92 Å². The molecule has 0 radical (unpaired) electrons. The van der Waals surface area contributed by atoms with Crippen LogP contribution < -0.4 is 0 Å². The molecule has 0 aromatic heterocycles. The lowest BCUT2D eigenvalue weighted by atomic mass is 10.0. The molecule has 2 heteroatoms. The molecule has 2 rings (SSSR count). The lowest BCUT2D eigenvalue weighted by Gasteiger charge is -2.14. The number of fused-ring (bicyclic) bond motifs is 2. The third-order valence-corrected chi connectivity index (χ3v) is 4.78. The maximum Gasteiger partial charge on any atom is 0.0536 e. The van der Waals surface area contributed by atoms with Crippen molar-refractivity contribution in [1.29, 1.82) is 0 Å². The van der Waals surface area contributed by atoms with Gasteiger partial charge in [-0.05, 0) is 18.8 Å². The lowest BCUT2D eigenvalue weighted by molar-refractivity contribution is 0.609. The highest BCUT2D eigenvalue weighted by Crippen LogP contribution is 2.38. The van der Waals surface area contributed by atoms with Crippen molar-refractivity contribution in [3.63, 3.8) is 0 Å². The second kappa shape index (κ2) is 2.19. The van der Waals surface area contributed by atoms with E-state index in [0.29, 0.717) is 16.4 Å². The normalized spacial score (nSPS) is 50.5. The summed E-state index contributed by atoms with van der Waals surface area (Å²) in [5.74, 6) is 0.649. The summed E-state index contributed by atoms with van der Waals surface area (Å²) in [5, 5.41) is 0.893. The van der Waals surface area contributed by atoms with Crippen molar-refractivity contribution in [2.45, 2.75) is 30.3 Å². The van der Waals surface area contributed by atoms with Crippen LogP contribution in [0.15, 0.2) is 12.2 Å². The van der Waals surface area contributed by atoms with Crippen molar-refractivity contribution < 1.29 is 4.21 Å². The van der Waals surface area contributed by atoms with Gasteiger partial charge in [-0.2, -0.15) is 0 Å². The average molecular weight is 156 g/mol. The minimum Gasteiger partial charge on any atom is -0.259 e. The van der Waals surface area contributed by atoms with E-state index in [1.807, 2.05) is 0 Å². The van der Waals surface area contributed by atoms with Crippen molar-refractivity contribution in [3.8, 4) is 0 Å². The Hall–Kier alpha value is -0.110. The molecule has 56 valence electrons. The number of rotatable bonds is 1. The molecule has 1 heterocycles. The molecule has 0 spiro atoms. The molecule has 10 heavy (non-hydrogen) atoms. The van der Waals surface area contributed by atoms with E-state index in [1.165, 1.54) is 0 Å². The molecule has 0 aromatic carbocycles. The number of allylic oxidation sites excluding steroid dienone is 1. The fourth-order valence-electron chi connectivity index (χ4n) is 2.00. The van der Waals surface area contributed by atoms with E-state index in [9.17, 15) is 4.21 Å². The van der Waals surface area contributed by atoms with E-state index in [4.69, 9.17) is 0 Å². The van der Waals surface area contributed by atoms with Gasteiger partial charge in [0.25, 0.3) is 0 Å². The van der Waals surface area contributed by atoms with Crippen LogP contribution in [0.3, 0.4) is 0 Å². The Kier molecular flexibility index (Phi) is 1.44. The van der Waals surface area contributed by atoms with E-state index >= 15 is 0 Å². The second-order valence-electron chi connectivity index (χ2n) is 3.10. The van der Waals surface area contributed by atoms with Crippen LogP contribution in [0.25, 0.3) is 0 Å². The quantitative estimate of drug-likeness (QED) is 0.525. The molecule has 1 nitrogen and oxygen atoms in total. The average Bonchev–Trinajstić information content (AvgIpc) is 2.46. The molecule has 0 N–H and O–H groups in total. The first-order chi connectivity index (χ1) is 4.83. The Morgan fingerprint density at radius 3 is 2.80 bits per heavy atom. The Morgan fingerprint density at radius 1 is 1.60 bits per heavy atom. The second-order valence-corrected chi connectivity index (χ2v) is 4.97. The molecular formula is C8H12OS. The zero-order valence-electron chi connectivity index (χ0n) is 6.12. The number of hydrogen-bond donors (Lipinski definition) is 0. The largest absolute Gasteiger partial charge is 0.259 e. The molecule has 1 aliphatic carbocycles. The molecule has 2 aliphatic rings. The summed E-state index contributed by atoms with van der Waals surface area (Å²) in [6.45, 7) is 2.14. The van der Waals surface area contributed by atoms with Crippen molar-refractivity contribution in [3.05, 3.63) is 12.2 Å². The van der Waals surface area contributed by atoms with Crippen molar-refractivity contribution >= 4 is 10.8 Å². The summed E-state index contributed by atoms with van der Waals surface area (Å²) in [6.07, 6.45) is 6.62. The fourth-order valence-corrected chi connectivity index (χ4v) is 3.99. The summed E-state index contributed by atoms with van der Waals surface area (Å²) in [4.78, 5) is 0. The molecule has 1 saturated heterocycles. The van der Waals surface area contributed by atoms with Crippen molar-refractivity contribution in [2.24, 2.45) is 5.92 Å². The van der Waals surface area contributed by atoms with E-state index in [-0.39, 0.29) is 0 Å². The van der Waals surface area contributed by atoms with Gasteiger partial charge in [0.2, 0.25) is 0 Å². The van der Waals surface area contributed by atoms with Gasteiger partial charge in [0.1, 0.15) is 0 Å². The first-order valence-corrected chi connectivity index (χ1v) is 5.18. The molecular weight excluding hydrogens is 144 g/mol. The van der Waals surface area contributed by atoms with Crippen LogP contribution in [-0.4, -0.2) is 14.7 Å². The highest BCUT2D eigenvalue weighted by Gasteiger charge is 2.40. The van der Waals surface area contributed by atoms with Gasteiger partial charge >= 0.3 is 0 Å². The van der Waals surface area contributed by atoms with Crippen LogP contribution in [0.2, 0.25) is 0 Å². The first-order valence-electron chi connectivity index (χ1n) is 3.90. The first kappa shape index (κ1) is 6.59. The molecule has 0 amide bonds. The predicted octanol–water partition coefficient (Wildman–Crippen LogP) is 1.47. The van der Waals surface area contributed by atoms with Gasteiger partial charge in [0.05, 0.1) is 5.25 Å². The van der Waals surface area contributed by atoms with Crippen LogP contribution in [0.5, 0.6) is 0 Å². The summed E-state index contributed by atoms with van der Waals surface area (Å²) < 4.78 is 11.5. The van der Waals surface area contributed by atoms with E-state index in [0.717, 1.165) is 12.8 Å². The van der Waals surface area contributed by atoms with E-state index < -0.39 is 10.8 Å². The van der Waals surface area contributed by atoms with Crippen LogP contribution >= 0.6 is 0 Å². The molecule has 0 aromatic rings. The van der Waals surface area contributed by atoms with Gasteiger partial charge in [0, 0.05) is 16.0 Å². The van der Waals surface area contributed by atoms with Gasteiger partial charge in [-0.15, -0.1) is 0 Å². The smallest absolute Gasteiger partial charge is 0.0536 e. The Morgan fingerprint density at radius 2 is 2.40 bits per heavy atom. The van der Waals surface area contributed by atoms with Crippen LogP contribution in [-0.2, 0) is 10.8 Å². The monoisotopic (exact) mass is 156 g/mol. The van der Waals surface area contributed by atoms with Gasteiger partial charge in [-0.1, -0.05) is 19.1 Å². The fraction of sp³-hybridized carbons (Fsp3) is 0.750. The van der Waals surface area contributed by atoms with Gasteiger partial charge in [-0.3, -0.25) is 4.21 Å². The minimum absolute atomic E-state index is 0.412. The highest BCUT2D eigenvalue weighted by atomic mass is 32.2.